The molecule has 0 aromatic heterocycles. The number of anilines is 1. The molecule has 2 aromatic carbocycles. The molecule has 0 saturated carbocycles. The minimum absolute atomic E-state index is 0.139. The molecular weight excluding hydrogens is 496 g/mol. The number of carbonyl (C=O) groups excluding carboxylic acids is 3. The van der Waals surface area contributed by atoms with Gasteiger partial charge in [0.2, 0.25) is 0 Å². The minimum atomic E-state index is -0.650. The molecule has 35 heavy (non-hydrogen) atoms. The lowest BCUT2D eigenvalue weighted by atomic mass is 10.2. The van der Waals surface area contributed by atoms with Crippen LogP contribution in [0.4, 0.5) is 5.69 Å². The van der Waals surface area contributed by atoms with Crippen LogP contribution in [0.25, 0.3) is 0 Å². The van der Waals surface area contributed by atoms with Gasteiger partial charge >= 0.3 is 5.97 Å². The molecule has 182 valence electrons. The molecular formula is C23H21ClN4O6S. The van der Waals surface area contributed by atoms with E-state index < -0.39 is 11.9 Å². The Labute approximate surface area is 210 Å². The number of amides is 2. The topological polar surface area (TPSA) is 128 Å². The number of hydrogen-bond donors (Lipinski definition) is 2. The summed E-state index contributed by atoms with van der Waals surface area (Å²) in [6, 6.07) is 12.1. The molecule has 0 spiro atoms. The number of methoxy groups -OCH3 is 1. The highest BCUT2D eigenvalue weighted by Crippen LogP contribution is 2.33. The molecule has 0 bridgehead atoms. The zero-order chi connectivity index (χ0) is 25.2. The van der Waals surface area contributed by atoms with Gasteiger partial charge in [-0.1, -0.05) is 29.8 Å². The van der Waals surface area contributed by atoms with Crippen LogP contribution in [-0.4, -0.2) is 49.5 Å². The van der Waals surface area contributed by atoms with E-state index in [0.717, 1.165) is 17.8 Å². The molecule has 1 saturated heterocycles. The van der Waals surface area contributed by atoms with Crippen molar-refractivity contribution in [2.45, 2.75) is 6.92 Å². The van der Waals surface area contributed by atoms with E-state index in [0.29, 0.717) is 29.4 Å². The first-order chi connectivity index (χ1) is 16.9. The van der Waals surface area contributed by atoms with E-state index in [2.05, 4.69) is 25.6 Å². The van der Waals surface area contributed by atoms with Crippen LogP contribution in [-0.2, 0) is 19.1 Å². The molecule has 0 atom stereocenters. The maximum absolute atomic E-state index is 12.2. The predicted octanol–water partition coefficient (Wildman–Crippen LogP) is 3.37. The lowest BCUT2D eigenvalue weighted by molar-refractivity contribution is -0.135. The van der Waals surface area contributed by atoms with Gasteiger partial charge in [0, 0.05) is 23.4 Å². The predicted molar refractivity (Wildman–Crippen MR) is 134 cm³/mol. The molecule has 3 rings (SSSR count). The fourth-order valence-corrected chi connectivity index (χ4v) is 3.62. The van der Waals surface area contributed by atoms with E-state index in [9.17, 15) is 14.4 Å². The second kappa shape index (κ2) is 12.6. The summed E-state index contributed by atoms with van der Waals surface area (Å²) in [5.74, 6) is -0.815. The largest absolute Gasteiger partial charge is 0.490 e. The zero-order valence-electron chi connectivity index (χ0n) is 18.7. The summed E-state index contributed by atoms with van der Waals surface area (Å²) in [7, 11) is 1.21. The zero-order valence-corrected chi connectivity index (χ0v) is 20.3. The van der Waals surface area contributed by atoms with Crippen LogP contribution in [0.3, 0.4) is 0 Å². The lowest BCUT2D eigenvalue weighted by Crippen LogP contribution is -2.20. The Morgan fingerprint density at radius 3 is 2.63 bits per heavy atom. The van der Waals surface area contributed by atoms with E-state index >= 15 is 0 Å². The van der Waals surface area contributed by atoms with Crippen molar-refractivity contribution in [3.8, 4) is 11.5 Å². The molecule has 1 fully saturated rings. The van der Waals surface area contributed by atoms with Crippen molar-refractivity contribution in [1.29, 1.82) is 0 Å². The van der Waals surface area contributed by atoms with Crippen LogP contribution in [0.2, 0.25) is 5.02 Å². The number of ether oxygens (including phenoxy) is 3. The van der Waals surface area contributed by atoms with Gasteiger partial charge in [0.05, 0.1) is 29.9 Å². The van der Waals surface area contributed by atoms with Crippen molar-refractivity contribution in [2.24, 2.45) is 10.2 Å². The van der Waals surface area contributed by atoms with Crippen molar-refractivity contribution >= 4 is 58.2 Å². The van der Waals surface area contributed by atoms with Gasteiger partial charge in [-0.3, -0.25) is 14.9 Å². The Morgan fingerprint density at radius 2 is 1.91 bits per heavy atom. The summed E-state index contributed by atoms with van der Waals surface area (Å²) < 4.78 is 15.7. The summed E-state index contributed by atoms with van der Waals surface area (Å²) in [5, 5.41) is 13.6. The average molecular weight is 517 g/mol. The third kappa shape index (κ3) is 7.59. The molecule has 10 nitrogen and oxygen atoms in total. The fraction of sp³-hybridized carbons (Fsp3) is 0.174. The monoisotopic (exact) mass is 516 g/mol. The summed E-state index contributed by atoms with van der Waals surface area (Å²) in [5.41, 5.74) is 1.13. The highest BCUT2D eigenvalue weighted by atomic mass is 35.5. The molecule has 0 aliphatic carbocycles. The van der Waals surface area contributed by atoms with Crippen LogP contribution in [0, 0.1) is 0 Å². The standard InChI is InChI=1S/C23H21ClN4O6S/c1-3-33-17-9-14(12-25-28-23-27-22(31)19(35-23)11-21(30)32-2)16(24)10-18(17)34-13-20(29)26-15-7-5-4-6-8-15/h4-12H,3,13H2,1-2H3,(H,26,29)(H,27,28,31)/b19-11+,25-12?. The quantitative estimate of drug-likeness (QED) is 0.226. The van der Waals surface area contributed by atoms with Crippen molar-refractivity contribution in [3.63, 3.8) is 0 Å². The number of halogens is 1. The highest BCUT2D eigenvalue weighted by Gasteiger charge is 2.25. The van der Waals surface area contributed by atoms with E-state index in [-0.39, 0.29) is 27.6 Å². The number of rotatable bonds is 9. The SMILES string of the molecule is CCOc1cc(C=N/N=C2/NC(=O)/C(=C\C(=O)OC)S2)c(Cl)cc1OCC(=O)Nc1ccccc1. The number of nitrogens with zero attached hydrogens (tertiary/aromatic N) is 2. The number of benzene rings is 2. The van der Waals surface area contributed by atoms with E-state index in [1.54, 1.807) is 25.1 Å². The van der Waals surface area contributed by atoms with Gasteiger partial charge < -0.3 is 19.5 Å². The molecule has 0 radical (unpaired) electrons. The van der Waals surface area contributed by atoms with E-state index in [4.69, 9.17) is 21.1 Å². The average Bonchev–Trinajstić information content (AvgIpc) is 3.19. The maximum atomic E-state index is 12.2. The number of amidine groups is 1. The molecule has 2 aromatic rings. The van der Waals surface area contributed by atoms with E-state index in [1.807, 2.05) is 18.2 Å². The summed E-state index contributed by atoms with van der Waals surface area (Å²) in [6.07, 6.45) is 2.44. The number of nitrogens with one attached hydrogen (secondary N) is 2. The second-order valence-corrected chi connectivity index (χ2v) is 8.13. The fourth-order valence-electron chi connectivity index (χ4n) is 2.68. The van der Waals surface area contributed by atoms with Gasteiger partial charge in [0.15, 0.2) is 23.3 Å². The minimum Gasteiger partial charge on any atom is -0.490 e. The van der Waals surface area contributed by atoms with Crippen molar-refractivity contribution < 1.29 is 28.6 Å². The molecule has 1 aliphatic rings. The summed E-state index contributed by atoms with van der Waals surface area (Å²) in [6.45, 7) is 1.91. The lowest BCUT2D eigenvalue weighted by Gasteiger charge is -2.13. The number of para-hydroxylation sites is 1. The van der Waals surface area contributed by atoms with Gasteiger partial charge in [-0.05, 0) is 36.9 Å². The van der Waals surface area contributed by atoms with Gasteiger partial charge in [-0.2, -0.15) is 5.10 Å². The second-order valence-electron chi connectivity index (χ2n) is 6.69. The van der Waals surface area contributed by atoms with Gasteiger partial charge in [0.1, 0.15) is 0 Å². The van der Waals surface area contributed by atoms with Crippen LogP contribution in [0.5, 0.6) is 11.5 Å². The summed E-state index contributed by atoms with van der Waals surface area (Å²) >= 11 is 7.30. The number of thioether (sulfide) groups is 1. The molecule has 1 heterocycles. The Kier molecular flexibility index (Phi) is 9.27. The molecule has 2 amide bonds. The Bertz CT molecular complexity index is 1200. The molecule has 2 N–H and O–H groups in total. The van der Waals surface area contributed by atoms with Crippen LogP contribution >= 0.6 is 23.4 Å². The van der Waals surface area contributed by atoms with Gasteiger partial charge in [0.25, 0.3) is 11.8 Å². The smallest absolute Gasteiger partial charge is 0.331 e. The summed E-state index contributed by atoms with van der Waals surface area (Å²) in [4.78, 5) is 35.5. The third-order valence-corrected chi connectivity index (χ3v) is 5.45. The Balaban J connectivity index is 1.68. The van der Waals surface area contributed by atoms with Crippen molar-refractivity contribution in [3.05, 3.63) is 64.0 Å². The normalized spacial score (nSPS) is 15.3. The number of hydrogen-bond acceptors (Lipinski definition) is 9. The van der Waals surface area contributed by atoms with Crippen LogP contribution in [0.15, 0.2) is 63.6 Å². The van der Waals surface area contributed by atoms with Crippen molar-refractivity contribution in [1.82, 2.24) is 5.32 Å². The van der Waals surface area contributed by atoms with Crippen LogP contribution < -0.4 is 20.1 Å². The Morgan fingerprint density at radius 1 is 1.17 bits per heavy atom. The van der Waals surface area contributed by atoms with Gasteiger partial charge in [-0.15, -0.1) is 5.10 Å². The molecule has 12 heteroatoms. The molecule has 0 unspecified atom stereocenters. The van der Waals surface area contributed by atoms with E-state index in [1.165, 1.54) is 19.4 Å². The number of esters is 1. The first kappa shape index (κ1) is 25.8. The highest BCUT2D eigenvalue weighted by molar-refractivity contribution is 8.18. The maximum Gasteiger partial charge on any atom is 0.331 e. The molecule has 1 aliphatic heterocycles. The number of carbonyl (C=O) groups is 3. The van der Waals surface area contributed by atoms with Gasteiger partial charge in [-0.25, -0.2) is 4.79 Å². The third-order valence-electron chi connectivity index (χ3n) is 4.23. The van der Waals surface area contributed by atoms with Crippen molar-refractivity contribution in [2.75, 3.05) is 25.6 Å². The first-order valence-electron chi connectivity index (χ1n) is 10.2. The van der Waals surface area contributed by atoms with Crippen LogP contribution in [0.1, 0.15) is 12.5 Å². The Hall–Kier alpha value is -3.83. The first-order valence-corrected chi connectivity index (χ1v) is 11.4.